The molecule has 0 spiro atoms. The first kappa shape index (κ1) is 16.4. The molecule has 0 saturated heterocycles. The van der Waals surface area contributed by atoms with Crippen LogP contribution in [-0.2, 0) is 6.54 Å². The average Bonchev–Trinajstić information content (AvgIpc) is 2.82. The molecular formula is C15H17Br2NO3. The normalized spacial score (nSPS) is 12.2. The van der Waals surface area contributed by atoms with Gasteiger partial charge in [-0.25, -0.2) is 0 Å². The Balaban J connectivity index is 2.10. The number of hydrogen-bond acceptors (Lipinski definition) is 4. The zero-order valence-corrected chi connectivity index (χ0v) is 15.2. The van der Waals surface area contributed by atoms with E-state index in [2.05, 4.69) is 44.1 Å². The van der Waals surface area contributed by atoms with Gasteiger partial charge in [0.2, 0.25) is 0 Å². The summed E-state index contributed by atoms with van der Waals surface area (Å²) in [6, 6.07) is 7.80. The Hall–Kier alpha value is -0.980. The predicted molar refractivity (Wildman–Crippen MR) is 88.9 cm³/mol. The molecule has 1 aromatic carbocycles. The van der Waals surface area contributed by atoms with Crippen LogP contribution in [0.3, 0.4) is 0 Å². The van der Waals surface area contributed by atoms with Gasteiger partial charge in [-0.3, -0.25) is 0 Å². The summed E-state index contributed by atoms with van der Waals surface area (Å²) in [6.45, 7) is 2.69. The number of halogens is 2. The summed E-state index contributed by atoms with van der Waals surface area (Å²) in [5, 5.41) is 3.41. The molecule has 0 saturated carbocycles. The van der Waals surface area contributed by atoms with E-state index < -0.39 is 0 Å². The lowest BCUT2D eigenvalue weighted by Gasteiger charge is -2.17. The van der Waals surface area contributed by atoms with Crippen molar-refractivity contribution in [3.05, 3.63) is 44.7 Å². The van der Waals surface area contributed by atoms with Crippen molar-refractivity contribution in [2.45, 2.75) is 19.5 Å². The summed E-state index contributed by atoms with van der Waals surface area (Å²) < 4.78 is 17.8. The molecule has 0 radical (unpaired) electrons. The van der Waals surface area contributed by atoms with Crippen LogP contribution in [0.15, 0.2) is 37.8 Å². The lowest BCUT2D eigenvalue weighted by Crippen LogP contribution is -2.18. The number of benzene rings is 1. The average molecular weight is 419 g/mol. The molecule has 6 heteroatoms. The molecule has 0 fully saturated rings. The second-order valence-electron chi connectivity index (χ2n) is 4.54. The van der Waals surface area contributed by atoms with Gasteiger partial charge in [0.15, 0.2) is 4.67 Å². The third-order valence-electron chi connectivity index (χ3n) is 3.18. The van der Waals surface area contributed by atoms with Crippen molar-refractivity contribution in [1.82, 2.24) is 5.32 Å². The van der Waals surface area contributed by atoms with Crippen LogP contribution in [0.25, 0.3) is 0 Å². The SMILES string of the molecule is COc1ccc(OC)c(C(C)NCc2cc(Br)c(Br)o2)c1. The van der Waals surface area contributed by atoms with E-state index in [0.29, 0.717) is 11.2 Å². The quantitative estimate of drug-likeness (QED) is 0.739. The van der Waals surface area contributed by atoms with Gasteiger partial charge in [-0.1, -0.05) is 0 Å². The number of rotatable bonds is 6. The molecule has 1 aromatic heterocycles. The molecule has 2 rings (SSSR count). The Morgan fingerprint density at radius 2 is 1.95 bits per heavy atom. The number of nitrogens with one attached hydrogen (secondary N) is 1. The van der Waals surface area contributed by atoms with Gasteiger partial charge in [0.1, 0.15) is 17.3 Å². The van der Waals surface area contributed by atoms with Crippen LogP contribution < -0.4 is 14.8 Å². The lowest BCUT2D eigenvalue weighted by atomic mass is 10.1. The molecule has 0 aliphatic carbocycles. The summed E-state index contributed by atoms with van der Waals surface area (Å²) in [6.07, 6.45) is 0. The second kappa shape index (κ2) is 7.33. The Kier molecular flexibility index (Phi) is 5.72. The maximum atomic E-state index is 5.55. The van der Waals surface area contributed by atoms with Crippen LogP contribution in [0.4, 0.5) is 0 Å². The standard InChI is InChI=1S/C15H17Br2NO3/c1-9(18-8-11-7-13(16)15(17)21-11)12-6-10(19-2)4-5-14(12)20-3/h4-7,9,18H,8H2,1-3H3. The van der Waals surface area contributed by atoms with Crippen molar-refractivity contribution in [3.8, 4) is 11.5 Å². The monoisotopic (exact) mass is 417 g/mol. The summed E-state index contributed by atoms with van der Waals surface area (Å²) >= 11 is 6.74. The molecular weight excluding hydrogens is 402 g/mol. The third kappa shape index (κ3) is 4.02. The van der Waals surface area contributed by atoms with Gasteiger partial charge in [-0.15, -0.1) is 0 Å². The summed E-state index contributed by atoms with van der Waals surface area (Å²) in [5.74, 6) is 2.49. The van der Waals surface area contributed by atoms with Crippen LogP contribution in [0.1, 0.15) is 24.3 Å². The highest BCUT2D eigenvalue weighted by Gasteiger charge is 2.14. The predicted octanol–water partition coefficient (Wildman–Crippen LogP) is 4.67. The van der Waals surface area contributed by atoms with Crippen molar-refractivity contribution in [2.24, 2.45) is 0 Å². The molecule has 0 aliphatic rings. The van der Waals surface area contributed by atoms with Crippen molar-refractivity contribution in [3.63, 3.8) is 0 Å². The largest absolute Gasteiger partial charge is 0.497 e. The molecule has 114 valence electrons. The molecule has 4 nitrogen and oxygen atoms in total. The first-order valence-corrected chi connectivity index (χ1v) is 8.02. The van der Waals surface area contributed by atoms with E-state index in [1.807, 2.05) is 24.3 Å². The van der Waals surface area contributed by atoms with Gasteiger partial charge in [-0.2, -0.15) is 0 Å². The highest BCUT2D eigenvalue weighted by molar-refractivity contribution is 9.13. The highest BCUT2D eigenvalue weighted by Crippen LogP contribution is 2.30. The second-order valence-corrected chi connectivity index (χ2v) is 6.12. The Labute approximate surface area is 141 Å². The first-order valence-electron chi connectivity index (χ1n) is 6.44. The topological polar surface area (TPSA) is 43.6 Å². The fourth-order valence-corrected chi connectivity index (χ4v) is 2.68. The molecule has 0 amide bonds. The van der Waals surface area contributed by atoms with E-state index in [9.17, 15) is 0 Å². The molecule has 0 bridgehead atoms. The Bertz CT molecular complexity index is 593. The van der Waals surface area contributed by atoms with E-state index in [0.717, 1.165) is 27.3 Å². The number of ether oxygens (including phenoxy) is 2. The fraction of sp³-hybridized carbons (Fsp3) is 0.333. The Morgan fingerprint density at radius 3 is 2.52 bits per heavy atom. The molecule has 2 aromatic rings. The lowest BCUT2D eigenvalue weighted by molar-refractivity contribution is 0.388. The van der Waals surface area contributed by atoms with Gasteiger partial charge in [-0.05, 0) is 63.0 Å². The smallest absolute Gasteiger partial charge is 0.183 e. The van der Waals surface area contributed by atoms with Crippen LogP contribution in [0, 0.1) is 0 Å². The van der Waals surface area contributed by atoms with Crippen LogP contribution in [-0.4, -0.2) is 14.2 Å². The fourth-order valence-electron chi connectivity index (χ4n) is 2.02. The minimum absolute atomic E-state index is 0.0951. The van der Waals surface area contributed by atoms with E-state index >= 15 is 0 Å². The number of methoxy groups -OCH3 is 2. The first-order chi connectivity index (χ1) is 10.0. The minimum atomic E-state index is 0.0951. The van der Waals surface area contributed by atoms with Crippen molar-refractivity contribution >= 4 is 31.9 Å². The number of furan rings is 1. The van der Waals surface area contributed by atoms with Crippen molar-refractivity contribution < 1.29 is 13.9 Å². The number of hydrogen-bond donors (Lipinski definition) is 1. The maximum Gasteiger partial charge on any atom is 0.183 e. The zero-order chi connectivity index (χ0) is 15.4. The molecule has 1 atom stereocenters. The minimum Gasteiger partial charge on any atom is -0.497 e. The molecule has 21 heavy (non-hydrogen) atoms. The van der Waals surface area contributed by atoms with Gasteiger partial charge in [0.05, 0.1) is 25.2 Å². The van der Waals surface area contributed by atoms with E-state index in [-0.39, 0.29) is 6.04 Å². The summed E-state index contributed by atoms with van der Waals surface area (Å²) in [5.41, 5.74) is 1.04. The molecule has 1 N–H and O–H groups in total. The van der Waals surface area contributed by atoms with Crippen LogP contribution in [0.5, 0.6) is 11.5 Å². The van der Waals surface area contributed by atoms with Gasteiger partial charge >= 0.3 is 0 Å². The van der Waals surface area contributed by atoms with E-state index in [1.165, 1.54) is 0 Å². The Morgan fingerprint density at radius 1 is 1.19 bits per heavy atom. The third-order valence-corrected chi connectivity index (χ3v) is 4.89. The molecule has 1 heterocycles. The highest BCUT2D eigenvalue weighted by atomic mass is 79.9. The van der Waals surface area contributed by atoms with Crippen LogP contribution >= 0.6 is 31.9 Å². The van der Waals surface area contributed by atoms with Crippen molar-refractivity contribution in [1.29, 1.82) is 0 Å². The van der Waals surface area contributed by atoms with Crippen LogP contribution in [0.2, 0.25) is 0 Å². The van der Waals surface area contributed by atoms with E-state index in [4.69, 9.17) is 13.9 Å². The van der Waals surface area contributed by atoms with Gasteiger partial charge in [0.25, 0.3) is 0 Å². The zero-order valence-electron chi connectivity index (χ0n) is 12.1. The summed E-state index contributed by atoms with van der Waals surface area (Å²) in [7, 11) is 3.32. The van der Waals surface area contributed by atoms with E-state index in [1.54, 1.807) is 14.2 Å². The van der Waals surface area contributed by atoms with Crippen molar-refractivity contribution in [2.75, 3.05) is 14.2 Å². The molecule has 1 unspecified atom stereocenters. The molecule has 0 aliphatic heterocycles. The van der Waals surface area contributed by atoms with Gasteiger partial charge < -0.3 is 19.2 Å². The maximum absolute atomic E-state index is 5.55. The summed E-state index contributed by atoms with van der Waals surface area (Å²) in [4.78, 5) is 0. The van der Waals surface area contributed by atoms with Gasteiger partial charge in [0, 0.05) is 11.6 Å².